The molecule has 4 rings (SSSR count). The van der Waals surface area contributed by atoms with Gasteiger partial charge in [0.1, 0.15) is 0 Å². The van der Waals surface area contributed by atoms with E-state index in [2.05, 4.69) is 41.4 Å². The fourth-order valence-corrected chi connectivity index (χ4v) is 5.20. The minimum atomic E-state index is 0.0361. The van der Waals surface area contributed by atoms with Crippen LogP contribution >= 0.6 is 11.3 Å². The molecular weight excluding hydrogens is 394 g/mol. The molecule has 1 amide bonds. The average Bonchev–Trinajstić information content (AvgIpc) is 3.05. The molecule has 1 fully saturated rings. The number of carbonyl (C=O) groups excluding carboxylic acids is 1. The number of fused-ring (bicyclic) bond motifs is 1. The number of carbonyl (C=O) groups is 1. The molecule has 1 saturated heterocycles. The first-order valence-corrected chi connectivity index (χ1v) is 11.5. The maximum atomic E-state index is 12.8. The Morgan fingerprint density at radius 1 is 1.13 bits per heavy atom. The van der Waals surface area contributed by atoms with Crippen LogP contribution in [-0.2, 0) is 11.3 Å². The molecule has 3 aromatic rings. The van der Waals surface area contributed by atoms with Crippen LogP contribution in [0.2, 0.25) is 0 Å². The normalized spacial score (nSPS) is 15.7. The second-order valence-electron chi connectivity index (χ2n) is 8.54. The zero-order valence-corrected chi connectivity index (χ0v) is 18.7. The number of rotatable bonds is 5. The molecule has 2 aromatic carbocycles. The number of nitrogens with zero attached hydrogens (tertiary/aromatic N) is 2. The topological polar surface area (TPSA) is 54.3 Å². The number of nitrogens with one attached hydrogen (secondary N) is 1. The fourth-order valence-electron chi connectivity index (χ4n) is 4.15. The van der Waals surface area contributed by atoms with Crippen LogP contribution in [0.3, 0.4) is 0 Å². The van der Waals surface area contributed by atoms with E-state index in [0.717, 1.165) is 48.4 Å². The number of piperidine rings is 1. The van der Waals surface area contributed by atoms with E-state index in [1.807, 2.05) is 32.0 Å². The molecule has 30 heavy (non-hydrogen) atoms. The zero-order chi connectivity index (χ0) is 21.3. The van der Waals surface area contributed by atoms with Crippen molar-refractivity contribution < 1.29 is 4.79 Å². The summed E-state index contributed by atoms with van der Waals surface area (Å²) in [4.78, 5) is 27.5. The summed E-state index contributed by atoms with van der Waals surface area (Å²) in [7, 11) is 0. The average molecular weight is 424 g/mol. The van der Waals surface area contributed by atoms with Gasteiger partial charge in [-0.1, -0.05) is 41.2 Å². The third-order valence-electron chi connectivity index (χ3n) is 5.88. The minimum Gasteiger partial charge on any atom is -0.326 e. The van der Waals surface area contributed by atoms with Gasteiger partial charge in [0.05, 0.1) is 10.2 Å². The highest BCUT2D eigenvalue weighted by atomic mass is 32.1. The van der Waals surface area contributed by atoms with Crippen LogP contribution in [0, 0.1) is 12.8 Å². The monoisotopic (exact) mass is 423 g/mol. The highest BCUT2D eigenvalue weighted by molar-refractivity contribution is 7.16. The zero-order valence-electron chi connectivity index (χ0n) is 17.9. The molecule has 5 nitrogen and oxygen atoms in total. The third kappa shape index (κ3) is 4.50. The number of hydrogen-bond acceptors (Lipinski definition) is 4. The molecule has 0 bridgehead atoms. The lowest BCUT2D eigenvalue weighted by molar-refractivity contribution is -0.121. The molecule has 1 aliphatic heterocycles. The van der Waals surface area contributed by atoms with Crippen molar-refractivity contribution in [3.05, 3.63) is 63.3 Å². The van der Waals surface area contributed by atoms with Gasteiger partial charge in [0, 0.05) is 24.2 Å². The maximum Gasteiger partial charge on any atom is 0.308 e. The summed E-state index contributed by atoms with van der Waals surface area (Å²) in [5, 5.41) is 3.07. The van der Waals surface area contributed by atoms with E-state index in [9.17, 15) is 9.59 Å². The number of benzene rings is 2. The molecular formula is C24H29N3O2S. The highest BCUT2D eigenvalue weighted by Gasteiger charge is 2.25. The van der Waals surface area contributed by atoms with Gasteiger partial charge in [0.15, 0.2) is 0 Å². The first-order valence-electron chi connectivity index (χ1n) is 10.6. The fraction of sp³-hybridized carbons (Fsp3) is 0.417. The predicted molar refractivity (Wildman–Crippen MR) is 124 cm³/mol. The van der Waals surface area contributed by atoms with Crippen molar-refractivity contribution in [1.29, 1.82) is 0 Å². The molecule has 1 aromatic heterocycles. The maximum absolute atomic E-state index is 12.8. The van der Waals surface area contributed by atoms with E-state index < -0.39 is 0 Å². The van der Waals surface area contributed by atoms with E-state index in [1.54, 1.807) is 4.57 Å². The number of hydrogen-bond donors (Lipinski definition) is 1. The van der Waals surface area contributed by atoms with Crippen LogP contribution in [0.25, 0.3) is 10.2 Å². The standard InChI is InChI=1S/C24H29N3O2S/c1-16(2)27-21-9-8-20(14-22(21)30-24(27)29)25-23(28)19-10-12-26(13-11-19)15-18-6-4-17(3)5-7-18/h4-9,14,16,19H,10-13,15H2,1-3H3,(H,25,28). The highest BCUT2D eigenvalue weighted by Crippen LogP contribution is 2.26. The van der Waals surface area contributed by atoms with Crippen molar-refractivity contribution in [2.24, 2.45) is 5.92 Å². The molecule has 0 spiro atoms. The van der Waals surface area contributed by atoms with Crippen molar-refractivity contribution >= 4 is 33.1 Å². The van der Waals surface area contributed by atoms with Gasteiger partial charge in [-0.25, -0.2) is 0 Å². The van der Waals surface area contributed by atoms with Crippen LogP contribution in [0.4, 0.5) is 5.69 Å². The summed E-state index contributed by atoms with van der Waals surface area (Å²) in [6.07, 6.45) is 1.74. The number of likely N-dealkylation sites (tertiary alicyclic amines) is 1. The van der Waals surface area contributed by atoms with Gasteiger partial charge in [0.2, 0.25) is 5.91 Å². The van der Waals surface area contributed by atoms with Crippen molar-refractivity contribution in [2.45, 2.75) is 46.2 Å². The summed E-state index contributed by atoms with van der Waals surface area (Å²) in [5.41, 5.74) is 4.30. The second-order valence-corrected chi connectivity index (χ2v) is 9.53. The molecule has 2 heterocycles. The van der Waals surface area contributed by atoms with Gasteiger partial charge in [0.25, 0.3) is 0 Å². The third-order valence-corrected chi connectivity index (χ3v) is 6.80. The van der Waals surface area contributed by atoms with E-state index in [1.165, 1.54) is 22.5 Å². The minimum absolute atomic E-state index is 0.0361. The summed E-state index contributed by atoms with van der Waals surface area (Å²) >= 11 is 1.24. The smallest absolute Gasteiger partial charge is 0.308 e. The molecule has 0 radical (unpaired) electrons. The Balaban J connectivity index is 1.35. The van der Waals surface area contributed by atoms with Crippen LogP contribution in [0.15, 0.2) is 47.3 Å². The molecule has 1 aliphatic rings. The molecule has 0 aliphatic carbocycles. The Labute approximate surface area is 181 Å². The number of aromatic nitrogens is 1. The predicted octanol–water partition coefficient (Wildman–Crippen LogP) is 4.80. The van der Waals surface area contributed by atoms with Gasteiger partial charge in [-0.3, -0.25) is 19.1 Å². The number of amides is 1. The van der Waals surface area contributed by atoms with Crippen LogP contribution in [0.5, 0.6) is 0 Å². The Morgan fingerprint density at radius 3 is 2.50 bits per heavy atom. The summed E-state index contributed by atoms with van der Waals surface area (Å²) < 4.78 is 2.72. The van der Waals surface area contributed by atoms with E-state index in [4.69, 9.17) is 0 Å². The van der Waals surface area contributed by atoms with Crippen LogP contribution in [-0.4, -0.2) is 28.5 Å². The molecule has 0 unspecified atom stereocenters. The lowest BCUT2D eigenvalue weighted by atomic mass is 9.95. The second kappa shape index (κ2) is 8.74. The Morgan fingerprint density at radius 2 is 1.83 bits per heavy atom. The molecule has 1 N–H and O–H groups in total. The Bertz CT molecular complexity index is 1090. The largest absolute Gasteiger partial charge is 0.326 e. The van der Waals surface area contributed by atoms with Gasteiger partial charge in [-0.15, -0.1) is 0 Å². The molecule has 158 valence electrons. The Kier molecular flexibility index (Phi) is 6.06. The van der Waals surface area contributed by atoms with Crippen LogP contribution in [0.1, 0.15) is 43.9 Å². The van der Waals surface area contributed by atoms with Gasteiger partial charge in [-0.2, -0.15) is 0 Å². The van der Waals surface area contributed by atoms with E-state index in [0.29, 0.717) is 0 Å². The number of anilines is 1. The van der Waals surface area contributed by atoms with Crippen molar-refractivity contribution in [3.8, 4) is 0 Å². The first-order chi connectivity index (χ1) is 14.4. The van der Waals surface area contributed by atoms with Crippen molar-refractivity contribution in [3.63, 3.8) is 0 Å². The lowest BCUT2D eigenvalue weighted by Crippen LogP contribution is -2.37. The first kappa shape index (κ1) is 20.8. The van der Waals surface area contributed by atoms with Crippen molar-refractivity contribution in [1.82, 2.24) is 9.47 Å². The number of thiazole rings is 1. The van der Waals surface area contributed by atoms with Gasteiger partial charge < -0.3 is 5.32 Å². The van der Waals surface area contributed by atoms with Crippen molar-refractivity contribution in [2.75, 3.05) is 18.4 Å². The lowest BCUT2D eigenvalue weighted by Gasteiger charge is -2.31. The van der Waals surface area contributed by atoms with E-state index in [-0.39, 0.29) is 22.7 Å². The molecule has 0 atom stereocenters. The van der Waals surface area contributed by atoms with E-state index >= 15 is 0 Å². The summed E-state index contributed by atoms with van der Waals surface area (Å²) in [5.74, 6) is 0.119. The summed E-state index contributed by atoms with van der Waals surface area (Å²) in [6, 6.07) is 14.6. The summed E-state index contributed by atoms with van der Waals surface area (Å²) in [6.45, 7) is 8.93. The SMILES string of the molecule is Cc1ccc(CN2CCC(C(=O)Nc3ccc4c(c3)sc(=O)n4C(C)C)CC2)cc1. The molecule has 0 saturated carbocycles. The Hall–Kier alpha value is -2.44. The van der Waals surface area contributed by atoms with Gasteiger partial charge >= 0.3 is 4.87 Å². The number of aryl methyl sites for hydroxylation is 1. The quantitative estimate of drug-likeness (QED) is 0.641. The van der Waals surface area contributed by atoms with Crippen LogP contribution < -0.4 is 10.2 Å². The molecule has 6 heteroatoms. The van der Waals surface area contributed by atoms with Gasteiger partial charge in [-0.05, 0) is 70.5 Å².